The van der Waals surface area contributed by atoms with E-state index in [2.05, 4.69) is 16.0 Å². The number of carbonyl (C=O) groups is 8. The van der Waals surface area contributed by atoms with E-state index in [1.54, 1.807) is 9.80 Å². The van der Waals surface area contributed by atoms with Crippen molar-refractivity contribution < 1.29 is 77.1 Å². The minimum Gasteiger partial charge on any atom is -0.480 e. The van der Waals surface area contributed by atoms with Crippen molar-refractivity contribution >= 4 is 111 Å². The van der Waals surface area contributed by atoms with Gasteiger partial charge in [0.25, 0.3) is 0 Å². The highest BCUT2D eigenvalue weighted by Gasteiger charge is 2.32. The molecule has 0 bridgehead atoms. The van der Waals surface area contributed by atoms with Gasteiger partial charge in [-0.1, -0.05) is 0 Å². The van der Waals surface area contributed by atoms with Crippen LogP contribution in [-0.2, 0) is 78.3 Å². The zero-order valence-electron chi connectivity index (χ0n) is 41.0. The van der Waals surface area contributed by atoms with Crippen molar-refractivity contribution in [3.63, 3.8) is 0 Å². The van der Waals surface area contributed by atoms with Crippen LogP contribution >= 0.6 is 0 Å². The molecule has 1 aliphatic rings. The van der Waals surface area contributed by atoms with E-state index in [1.807, 2.05) is 0 Å². The molecule has 1 saturated heterocycles. The monoisotopic (exact) mass is 1150 g/mol. The summed E-state index contributed by atoms with van der Waals surface area (Å²) in [5.41, 5.74) is 1.16. The maximum Gasteiger partial charge on any atom is 0.317 e. The van der Waals surface area contributed by atoms with Crippen molar-refractivity contribution in [2.75, 3.05) is 106 Å². The quantitative estimate of drug-likeness (QED) is 0.0252. The van der Waals surface area contributed by atoms with Crippen LogP contribution in [-0.4, -0.2) is 191 Å². The highest BCUT2D eigenvalue weighted by molar-refractivity contribution is 7.90. The van der Waals surface area contributed by atoms with E-state index in [9.17, 15) is 77.1 Å². The fourth-order valence-corrected chi connectivity index (χ4v) is 9.23. The third-order valence-corrected chi connectivity index (χ3v) is 14.6. The number of nitrogens with zero attached hydrogens (tertiary/aromatic N) is 5. The van der Waals surface area contributed by atoms with Gasteiger partial charge in [0.15, 0.2) is 9.84 Å². The molecule has 0 unspecified atom stereocenters. The number of primary sulfonamides is 3. The van der Waals surface area contributed by atoms with Crippen molar-refractivity contribution in [1.82, 2.24) is 19.6 Å². The molecule has 77 heavy (non-hydrogen) atoms. The average molecular weight is 1150 g/mol. The molecule has 1 fully saturated rings. The molecule has 0 atom stereocenters. The van der Waals surface area contributed by atoms with Crippen molar-refractivity contribution in [2.24, 2.45) is 15.4 Å². The molecule has 4 aromatic carbocycles. The average Bonchev–Trinajstić information content (AvgIpc) is 3.32. The van der Waals surface area contributed by atoms with Crippen LogP contribution in [0.25, 0.3) is 0 Å². The molecule has 1 heterocycles. The number of piperazine rings is 1. The summed E-state index contributed by atoms with van der Waals surface area (Å²) < 4.78 is 91.3. The van der Waals surface area contributed by atoms with Gasteiger partial charge < -0.3 is 30.6 Å². The number of aldehydes is 2. The zero-order valence-corrected chi connectivity index (χ0v) is 44.2. The first-order valence-electron chi connectivity index (χ1n) is 22.4. The molecular weight excluding hydrogens is 1090 g/mol. The number of hydrogen-bond acceptors (Lipinski definition) is 20. The second kappa shape index (κ2) is 27.7. The third kappa shape index (κ3) is 21.0. The van der Waals surface area contributed by atoms with Gasteiger partial charge in [0.1, 0.15) is 12.6 Å². The van der Waals surface area contributed by atoms with Gasteiger partial charge in [-0.05, 0) is 97.1 Å². The first-order valence-corrected chi connectivity index (χ1v) is 28.9. The molecule has 0 saturated carbocycles. The Balaban J connectivity index is 0.000000333. The van der Waals surface area contributed by atoms with E-state index < -0.39 is 82.0 Å². The van der Waals surface area contributed by atoms with Gasteiger partial charge in [-0.2, -0.15) is 0 Å². The van der Waals surface area contributed by atoms with Crippen LogP contribution in [0.15, 0.2) is 117 Å². The third-order valence-electron chi connectivity index (χ3n) is 10.7. The Bertz CT molecular complexity index is 3240. The second-order valence-electron chi connectivity index (χ2n) is 16.9. The van der Waals surface area contributed by atoms with Gasteiger partial charge in [-0.3, -0.25) is 48.4 Å². The molecule has 0 spiro atoms. The standard InChI is InChI=1S/C23H27N5O8S2.C22H28N6O9S2/c1-37(33,34)19-6-2-17(3-7-19)25-21(30)14-26(12-13-29)10-11-27-15-22(31)28(23(32)16-27)18-4-8-20(9-5-18)38(24,35)36;23-38(34,35)18-5-1-16(2-6-18)25-20(30)13-27(11-12-29)9-10-28(15-22(32)33)14-21(31)26-17-3-7-19(8-4-17)39(24,36)37/h2-9,13H,10-12,14-16H2,1H3,(H,25,30)(H2,24,35,36);1-8,12H,9-11,13-15H2,(H,25,30)(H,26,31)(H,32,33)(H2,23,34,35)(H2,24,36,37). The summed E-state index contributed by atoms with van der Waals surface area (Å²) in [6.45, 7) is -1.16. The number of nitrogens with one attached hydrogen (secondary N) is 3. The number of carboxylic acids is 1. The lowest BCUT2D eigenvalue weighted by Gasteiger charge is -2.33. The van der Waals surface area contributed by atoms with Crippen molar-refractivity contribution in [1.29, 1.82) is 0 Å². The predicted molar refractivity (Wildman–Crippen MR) is 277 cm³/mol. The fraction of sp³-hybridized carbons (Fsp3) is 0.289. The van der Waals surface area contributed by atoms with Gasteiger partial charge in [0.2, 0.25) is 59.6 Å². The van der Waals surface area contributed by atoms with Gasteiger partial charge in [0, 0.05) is 49.5 Å². The highest BCUT2D eigenvalue weighted by Crippen LogP contribution is 2.21. The first kappa shape index (κ1) is 62.3. The molecule has 5 rings (SSSR count). The molecule has 0 aromatic heterocycles. The topological polar surface area (TPSA) is 424 Å². The molecule has 5 amide bonds. The summed E-state index contributed by atoms with van der Waals surface area (Å²) in [5.74, 6) is -3.77. The molecule has 0 aliphatic carbocycles. The first-order chi connectivity index (χ1) is 35.9. The zero-order chi connectivity index (χ0) is 57.3. The Morgan fingerprint density at radius 3 is 1.18 bits per heavy atom. The maximum atomic E-state index is 12.7. The summed E-state index contributed by atoms with van der Waals surface area (Å²) in [5, 5.41) is 32.1. The minimum absolute atomic E-state index is 0.00819. The number of benzene rings is 4. The maximum absolute atomic E-state index is 12.7. The van der Waals surface area contributed by atoms with Crippen LogP contribution < -0.4 is 36.3 Å². The summed E-state index contributed by atoms with van der Waals surface area (Å²) in [6.07, 6.45) is 2.27. The number of sulfonamides is 3. The van der Waals surface area contributed by atoms with Crippen LogP contribution in [0.5, 0.6) is 0 Å². The number of carbonyl (C=O) groups excluding carboxylic acids is 7. The summed E-state index contributed by atoms with van der Waals surface area (Å²) in [6, 6.07) is 20.9. The second-order valence-corrected chi connectivity index (χ2v) is 23.6. The predicted octanol–water partition coefficient (Wildman–Crippen LogP) is -2.50. The van der Waals surface area contributed by atoms with Crippen LogP contribution in [0, 0.1) is 0 Å². The Labute approximate surface area is 443 Å². The van der Waals surface area contributed by atoms with E-state index in [1.165, 1.54) is 107 Å². The van der Waals surface area contributed by atoms with Crippen molar-refractivity contribution in [3.05, 3.63) is 97.1 Å². The number of aliphatic carboxylic acids is 1. The van der Waals surface area contributed by atoms with Crippen molar-refractivity contribution in [2.45, 2.75) is 19.6 Å². The summed E-state index contributed by atoms with van der Waals surface area (Å²) in [7, 11) is -15.1. The minimum atomic E-state index is -3.92. The number of sulfone groups is 1. The molecule has 1 aliphatic heterocycles. The Morgan fingerprint density at radius 2 is 0.844 bits per heavy atom. The normalized spacial score (nSPS) is 13.4. The lowest BCUT2D eigenvalue weighted by molar-refractivity contribution is -0.139. The van der Waals surface area contributed by atoms with E-state index >= 15 is 0 Å². The lowest BCUT2D eigenvalue weighted by Crippen LogP contribution is -2.55. The van der Waals surface area contributed by atoms with E-state index in [0.29, 0.717) is 23.9 Å². The van der Waals surface area contributed by atoms with Gasteiger partial charge in [0.05, 0.1) is 77.6 Å². The van der Waals surface area contributed by atoms with Crippen LogP contribution in [0.1, 0.15) is 0 Å². The Morgan fingerprint density at radius 1 is 0.519 bits per heavy atom. The van der Waals surface area contributed by atoms with E-state index in [4.69, 9.17) is 15.4 Å². The van der Waals surface area contributed by atoms with Crippen LogP contribution in [0.2, 0.25) is 0 Å². The number of nitrogens with two attached hydrogens (primary N) is 3. The lowest BCUT2D eigenvalue weighted by atomic mass is 10.2. The van der Waals surface area contributed by atoms with Gasteiger partial charge in [-0.15, -0.1) is 0 Å². The smallest absolute Gasteiger partial charge is 0.317 e. The number of anilines is 4. The van der Waals surface area contributed by atoms with Crippen molar-refractivity contribution in [3.8, 4) is 0 Å². The summed E-state index contributed by atoms with van der Waals surface area (Å²) >= 11 is 0. The number of amides is 5. The molecule has 32 heteroatoms. The molecule has 416 valence electrons. The van der Waals surface area contributed by atoms with E-state index in [0.717, 1.165) is 11.2 Å². The largest absolute Gasteiger partial charge is 0.480 e. The summed E-state index contributed by atoms with van der Waals surface area (Å²) in [4.78, 5) is 103. The van der Waals surface area contributed by atoms with Gasteiger partial charge >= 0.3 is 5.97 Å². The molecule has 10 N–H and O–H groups in total. The fourth-order valence-electron chi connectivity index (χ4n) is 7.05. The highest BCUT2D eigenvalue weighted by atomic mass is 32.2. The van der Waals surface area contributed by atoms with Crippen LogP contribution in [0.4, 0.5) is 22.7 Å². The number of hydrogen-bond donors (Lipinski definition) is 7. The van der Waals surface area contributed by atoms with Crippen LogP contribution in [0.3, 0.4) is 0 Å². The number of imide groups is 1. The molecular formula is C45H55N11O17S4. The van der Waals surface area contributed by atoms with E-state index in [-0.39, 0.29) is 103 Å². The SMILES string of the molecule is CS(=O)(=O)c1ccc(NC(=O)CN(CC=O)CCN2CC(=O)N(c3ccc(S(N)(=O)=O)cc3)C(=O)C2)cc1.NS(=O)(=O)c1ccc(NC(=O)CN(CC=O)CCN(CC(=O)O)CC(=O)Nc2ccc(S(N)(=O)=O)cc2)cc1. The number of carboxylic acid groups (broad SMARTS) is 1. The number of rotatable bonds is 26. The molecule has 0 radical (unpaired) electrons. The van der Waals surface area contributed by atoms with Gasteiger partial charge in [-0.25, -0.2) is 54.0 Å². The molecule has 4 aromatic rings. The molecule has 28 nitrogen and oxygen atoms in total. The Hall–Kier alpha value is -7.24. The Kier molecular flexibility index (Phi) is 22.4.